The fourth-order valence-corrected chi connectivity index (χ4v) is 4.29. The summed E-state index contributed by atoms with van der Waals surface area (Å²) in [6.07, 6.45) is 0.145. The highest BCUT2D eigenvalue weighted by atomic mass is 35.5. The summed E-state index contributed by atoms with van der Waals surface area (Å²) in [7, 11) is 0. The van der Waals surface area contributed by atoms with Gasteiger partial charge in [0, 0.05) is 31.6 Å². The zero-order valence-corrected chi connectivity index (χ0v) is 22.4. The van der Waals surface area contributed by atoms with Crippen molar-refractivity contribution >= 4 is 17.6 Å². The number of carbonyl (C=O) groups is 1. The first-order valence-electron chi connectivity index (χ1n) is 12.4. The lowest BCUT2D eigenvalue weighted by atomic mass is 10.1. The topological polar surface area (TPSA) is 130 Å². The fourth-order valence-electron chi connectivity index (χ4n) is 4.10. The number of hydrogen-bond acceptors (Lipinski definition) is 9. The number of carbonyl (C=O) groups excluding carboxylic acids is 1. The first kappa shape index (κ1) is 28.7. The van der Waals surface area contributed by atoms with Gasteiger partial charge in [-0.05, 0) is 42.8 Å². The maximum atomic E-state index is 15.5. The van der Waals surface area contributed by atoms with Crippen molar-refractivity contribution in [1.82, 2.24) is 14.7 Å². The number of halogens is 2. The van der Waals surface area contributed by atoms with E-state index in [0.29, 0.717) is 31.0 Å². The number of rotatable bonds is 9. The van der Waals surface area contributed by atoms with Gasteiger partial charge in [-0.1, -0.05) is 17.7 Å². The van der Waals surface area contributed by atoms with Crippen molar-refractivity contribution in [3.05, 3.63) is 85.5 Å². The molecule has 1 fully saturated rings. The Hall–Kier alpha value is -4.29. The van der Waals surface area contributed by atoms with Crippen LogP contribution in [0.4, 0.5) is 4.39 Å². The van der Waals surface area contributed by atoms with E-state index in [9.17, 15) is 20.1 Å². The molecule has 0 unspecified atom stereocenters. The monoisotopic (exact) mass is 565 g/mol. The van der Waals surface area contributed by atoms with Gasteiger partial charge in [-0.15, -0.1) is 0 Å². The summed E-state index contributed by atoms with van der Waals surface area (Å²) in [5.74, 6) is -1.43. The normalized spacial score (nSPS) is 13.3. The summed E-state index contributed by atoms with van der Waals surface area (Å²) in [6, 6.07) is 12.4. The highest BCUT2D eigenvalue weighted by Gasteiger charge is 2.18. The summed E-state index contributed by atoms with van der Waals surface area (Å²) in [5, 5.41) is 22.6. The van der Waals surface area contributed by atoms with E-state index < -0.39 is 17.3 Å². The van der Waals surface area contributed by atoms with Gasteiger partial charge in [0.1, 0.15) is 5.75 Å². The zero-order chi connectivity index (χ0) is 28.6. The van der Waals surface area contributed by atoms with Crippen LogP contribution < -0.4 is 10.3 Å². The number of ether oxygens (including phenoxy) is 3. The Bertz CT molecular complexity index is 1520. The first-order valence-corrected chi connectivity index (χ1v) is 12.8. The van der Waals surface area contributed by atoms with Crippen LogP contribution in [0.25, 0.3) is 0 Å². The standard InChI is InChI=1S/C28H25ClFN5O5/c1-18-10-22(33-35(28(18)37)17-39-25(36)4-5-34-6-8-38-9-7-34)14-21-2-3-24(29)27(26(21)30)40-23-12-19(15-31)11-20(13-23)16-32/h2-3,10-13H,4-9,14,17H2,1H3. The second-order valence-electron chi connectivity index (χ2n) is 9.07. The zero-order valence-electron chi connectivity index (χ0n) is 21.7. The lowest BCUT2D eigenvalue weighted by molar-refractivity contribution is -0.148. The Morgan fingerprint density at radius 2 is 1.85 bits per heavy atom. The molecular formula is C28H25ClFN5O5. The van der Waals surface area contributed by atoms with Crippen molar-refractivity contribution in [2.75, 3.05) is 32.8 Å². The highest BCUT2D eigenvalue weighted by molar-refractivity contribution is 6.32. The molecule has 1 saturated heterocycles. The van der Waals surface area contributed by atoms with Gasteiger partial charge in [-0.25, -0.2) is 4.39 Å². The van der Waals surface area contributed by atoms with Gasteiger partial charge in [0.2, 0.25) is 0 Å². The molecule has 0 amide bonds. The van der Waals surface area contributed by atoms with Crippen LogP contribution in [0.1, 0.15) is 34.4 Å². The number of morpholine rings is 1. The summed E-state index contributed by atoms with van der Waals surface area (Å²) in [5.41, 5.74) is 0.785. The maximum Gasteiger partial charge on any atom is 0.308 e. The van der Waals surface area contributed by atoms with E-state index in [1.54, 1.807) is 6.92 Å². The molecule has 1 aliphatic heterocycles. The quantitative estimate of drug-likeness (QED) is 0.356. The summed E-state index contributed by atoms with van der Waals surface area (Å²) in [4.78, 5) is 26.9. The van der Waals surface area contributed by atoms with Crippen LogP contribution in [0.2, 0.25) is 5.02 Å². The minimum Gasteiger partial charge on any atom is -0.453 e. The molecule has 10 nitrogen and oxygen atoms in total. The number of aryl methyl sites for hydroxylation is 1. The fraction of sp³-hybridized carbons (Fsp3) is 0.321. The molecule has 40 heavy (non-hydrogen) atoms. The third kappa shape index (κ3) is 7.21. The van der Waals surface area contributed by atoms with Crippen LogP contribution in [0, 0.1) is 35.4 Å². The minimum atomic E-state index is -0.764. The molecule has 0 radical (unpaired) electrons. The Kier molecular flexibility index (Phi) is 9.46. The Balaban J connectivity index is 1.48. The summed E-state index contributed by atoms with van der Waals surface area (Å²) >= 11 is 6.21. The van der Waals surface area contributed by atoms with Crippen LogP contribution >= 0.6 is 11.6 Å². The lowest BCUT2D eigenvalue weighted by Crippen LogP contribution is -2.37. The molecule has 0 aliphatic carbocycles. The number of benzene rings is 2. The van der Waals surface area contributed by atoms with E-state index in [2.05, 4.69) is 10.00 Å². The molecule has 206 valence electrons. The van der Waals surface area contributed by atoms with Crippen molar-refractivity contribution < 1.29 is 23.4 Å². The van der Waals surface area contributed by atoms with Crippen molar-refractivity contribution in [2.24, 2.45) is 0 Å². The summed E-state index contributed by atoms with van der Waals surface area (Å²) in [6.45, 7) is 4.49. The Labute approximate surface area is 234 Å². The van der Waals surface area contributed by atoms with Gasteiger partial charge in [-0.2, -0.15) is 20.3 Å². The molecule has 2 heterocycles. The molecule has 1 aromatic heterocycles. The third-order valence-corrected chi connectivity index (χ3v) is 6.47. The van der Waals surface area contributed by atoms with Crippen LogP contribution in [-0.2, 0) is 27.4 Å². The first-order chi connectivity index (χ1) is 19.3. The molecule has 1 aliphatic rings. The van der Waals surface area contributed by atoms with Gasteiger partial charge in [0.15, 0.2) is 18.3 Å². The van der Waals surface area contributed by atoms with E-state index in [0.717, 1.165) is 17.8 Å². The molecular weight excluding hydrogens is 541 g/mol. The Morgan fingerprint density at radius 1 is 1.15 bits per heavy atom. The van der Waals surface area contributed by atoms with E-state index in [1.807, 2.05) is 12.1 Å². The van der Waals surface area contributed by atoms with E-state index in [4.69, 9.17) is 25.8 Å². The lowest BCUT2D eigenvalue weighted by Gasteiger charge is -2.25. The smallest absolute Gasteiger partial charge is 0.308 e. The van der Waals surface area contributed by atoms with Crippen LogP contribution in [-0.4, -0.2) is 53.5 Å². The molecule has 2 aromatic carbocycles. The second kappa shape index (κ2) is 13.2. The molecule has 4 rings (SSSR count). The highest BCUT2D eigenvalue weighted by Crippen LogP contribution is 2.35. The van der Waals surface area contributed by atoms with Crippen molar-refractivity contribution in [1.29, 1.82) is 10.5 Å². The molecule has 0 bridgehead atoms. The molecule has 0 saturated carbocycles. The number of aromatic nitrogens is 2. The SMILES string of the molecule is Cc1cc(Cc2ccc(Cl)c(Oc3cc(C#N)cc(C#N)c3)c2F)nn(COC(=O)CCN2CCOCC2)c1=O. The van der Waals surface area contributed by atoms with Crippen molar-refractivity contribution in [3.8, 4) is 23.6 Å². The van der Waals surface area contributed by atoms with E-state index in [-0.39, 0.29) is 52.8 Å². The predicted molar refractivity (Wildman–Crippen MR) is 141 cm³/mol. The van der Waals surface area contributed by atoms with Crippen LogP contribution in [0.15, 0.2) is 41.2 Å². The predicted octanol–water partition coefficient (Wildman–Crippen LogP) is 3.69. The average molecular weight is 566 g/mol. The largest absolute Gasteiger partial charge is 0.453 e. The molecule has 0 atom stereocenters. The Morgan fingerprint density at radius 3 is 2.52 bits per heavy atom. The van der Waals surface area contributed by atoms with Crippen molar-refractivity contribution in [2.45, 2.75) is 26.5 Å². The van der Waals surface area contributed by atoms with Gasteiger partial charge in [0.25, 0.3) is 5.56 Å². The van der Waals surface area contributed by atoms with Crippen LogP contribution in [0.5, 0.6) is 11.5 Å². The number of nitrogens with zero attached hydrogens (tertiary/aromatic N) is 5. The van der Waals surface area contributed by atoms with E-state index in [1.165, 1.54) is 36.4 Å². The minimum absolute atomic E-state index is 0.0137. The van der Waals surface area contributed by atoms with Gasteiger partial charge in [0.05, 0.1) is 53.6 Å². The van der Waals surface area contributed by atoms with Gasteiger partial charge in [-0.3, -0.25) is 14.5 Å². The second-order valence-corrected chi connectivity index (χ2v) is 9.48. The average Bonchev–Trinajstić information content (AvgIpc) is 2.96. The van der Waals surface area contributed by atoms with Crippen LogP contribution in [0.3, 0.4) is 0 Å². The molecule has 3 aromatic rings. The van der Waals surface area contributed by atoms with Gasteiger partial charge >= 0.3 is 5.97 Å². The number of hydrogen-bond donors (Lipinski definition) is 0. The molecule has 0 spiro atoms. The van der Waals surface area contributed by atoms with Gasteiger partial charge < -0.3 is 14.2 Å². The summed E-state index contributed by atoms with van der Waals surface area (Å²) < 4.78 is 32.8. The van der Waals surface area contributed by atoms with E-state index >= 15 is 4.39 Å². The van der Waals surface area contributed by atoms with Crippen molar-refractivity contribution in [3.63, 3.8) is 0 Å². The maximum absolute atomic E-state index is 15.5. The number of esters is 1. The molecule has 12 heteroatoms. The molecule has 0 N–H and O–H groups in total. The number of nitriles is 2. The third-order valence-electron chi connectivity index (χ3n) is 6.17.